The van der Waals surface area contributed by atoms with Crippen molar-refractivity contribution in [3.05, 3.63) is 35.9 Å². The van der Waals surface area contributed by atoms with E-state index >= 15 is 0 Å². The lowest BCUT2D eigenvalue weighted by Crippen LogP contribution is -2.22. The molecule has 1 aromatic rings. The summed E-state index contributed by atoms with van der Waals surface area (Å²) in [7, 11) is 0. The predicted octanol–water partition coefficient (Wildman–Crippen LogP) is 3.41. The molecule has 80 valence electrons. The fourth-order valence-electron chi connectivity index (χ4n) is 2.68. The zero-order chi connectivity index (χ0) is 10.3. The normalized spacial score (nSPS) is 39.3. The molecular formula is C13H15FO. The summed E-state index contributed by atoms with van der Waals surface area (Å²) in [5, 5.41) is 0. The monoisotopic (exact) mass is 206 g/mol. The quantitative estimate of drug-likeness (QED) is 0.641. The molecule has 0 amide bonds. The lowest BCUT2D eigenvalue weighted by Gasteiger charge is -2.26. The highest BCUT2D eigenvalue weighted by molar-refractivity contribution is 5.21. The highest BCUT2D eigenvalue weighted by atomic mass is 19.2. The Morgan fingerprint density at radius 2 is 1.73 bits per heavy atom. The molecule has 0 N–H and O–H groups in total. The van der Waals surface area contributed by atoms with E-state index in [1.807, 2.05) is 6.07 Å². The molecule has 2 fully saturated rings. The summed E-state index contributed by atoms with van der Waals surface area (Å²) >= 11 is 0. The Kier molecular flexibility index (Phi) is 2.06. The SMILES string of the molecule is FC1OC12CCC(c1ccccc1)CC2. The molecule has 1 saturated heterocycles. The Balaban J connectivity index is 1.68. The van der Waals surface area contributed by atoms with Gasteiger partial charge in [0.2, 0.25) is 6.36 Å². The van der Waals surface area contributed by atoms with Gasteiger partial charge >= 0.3 is 0 Å². The number of rotatable bonds is 1. The minimum Gasteiger partial charge on any atom is -0.333 e. The average Bonchev–Trinajstić information content (AvgIpc) is 2.91. The first-order chi connectivity index (χ1) is 7.30. The number of halogens is 1. The Morgan fingerprint density at radius 3 is 2.27 bits per heavy atom. The van der Waals surface area contributed by atoms with Gasteiger partial charge in [-0.2, -0.15) is 0 Å². The van der Waals surface area contributed by atoms with Gasteiger partial charge in [0.05, 0.1) is 0 Å². The van der Waals surface area contributed by atoms with E-state index in [9.17, 15) is 4.39 Å². The lowest BCUT2D eigenvalue weighted by molar-refractivity contribution is 0.209. The largest absolute Gasteiger partial charge is 0.333 e. The first kappa shape index (κ1) is 9.34. The second-order valence-corrected chi connectivity index (χ2v) is 4.68. The topological polar surface area (TPSA) is 12.5 Å². The maximum Gasteiger partial charge on any atom is 0.229 e. The van der Waals surface area contributed by atoms with Crippen molar-refractivity contribution in [2.45, 2.75) is 43.6 Å². The van der Waals surface area contributed by atoms with Gasteiger partial charge in [0, 0.05) is 0 Å². The molecule has 1 atom stereocenters. The third-order valence-electron chi connectivity index (χ3n) is 3.80. The van der Waals surface area contributed by atoms with Gasteiger partial charge in [0.15, 0.2) is 0 Å². The van der Waals surface area contributed by atoms with Crippen molar-refractivity contribution in [1.29, 1.82) is 0 Å². The summed E-state index contributed by atoms with van der Waals surface area (Å²) in [6, 6.07) is 10.5. The Hall–Kier alpha value is -0.890. The summed E-state index contributed by atoms with van der Waals surface area (Å²) in [5.41, 5.74) is 1.02. The van der Waals surface area contributed by atoms with Gasteiger partial charge in [0.1, 0.15) is 5.60 Å². The molecular weight excluding hydrogens is 191 g/mol. The predicted molar refractivity (Wildman–Crippen MR) is 56.4 cm³/mol. The van der Waals surface area contributed by atoms with Gasteiger partial charge in [-0.1, -0.05) is 30.3 Å². The van der Waals surface area contributed by atoms with Crippen LogP contribution < -0.4 is 0 Å². The third kappa shape index (κ3) is 1.57. The minimum atomic E-state index is -0.978. The zero-order valence-electron chi connectivity index (χ0n) is 8.66. The van der Waals surface area contributed by atoms with Gasteiger partial charge in [0.25, 0.3) is 0 Å². The molecule has 0 bridgehead atoms. The maximum atomic E-state index is 13.0. The molecule has 1 unspecified atom stereocenters. The van der Waals surface area contributed by atoms with Crippen molar-refractivity contribution in [3.8, 4) is 0 Å². The van der Waals surface area contributed by atoms with E-state index in [-0.39, 0.29) is 5.60 Å². The standard InChI is InChI=1S/C13H15FO/c14-12-13(15-12)8-6-11(7-9-13)10-4-2-1-3-5-10/h1-5,11-12H,6-9H2. The van der Waals surface area contributed by atoms with Gasteiger partial charge in [-0.15, -0.1) is 0 Å². The van der Waals surface area contributed by atoms with E-state index in [0.717, 1.165) is 25.7 Å². The van der Waals surface area contributed by atoms with Crippen LogP contribution in [0.25, 0.3) is 0 Å². The number of ether oxygens (including phenoxy) is 1. The number of alkyl halides is 1. The lowest BCUT2D eigenvalue weighted by atomic mass is 9.78. The summed E-state index contributed by atoms with van der Waals surface area (Å²) in [5.74, 6) is 0.605. The molecule has 1 saturated carbocycles. The molecule has 3 rings (SSSR count). The number of hydrogen-bond acceptors (Lipinski definition) is 1. The van der Waals surface area contributed by atoms with Crippen LogP contribution >= 0.6 is 0 Å². The van der Waals surface area contributed by atoms with E-state index in [4.69, 9.17) is 4.74 Å². The molecule has 1 aromatic carbocycles. The summed E-state index contributed by atoms with van der Waals surface area (Å²) in [6.45, 7) is 0. The number of benzene rings is 1. The fraction of sp³-hybridized carbons (Fsp3) is 0.538. The molecule has 1 heterocycles. The average molecular weight is 206 g/mol. The van der Waals surface area contributed by atoms with Crippen LogP contribution in [-0.4, -0.2) is 12.0 Å². The fourth-order valence-corrected chi connectivity index (χ4v) is 2.68. The molecule has 1 aliphatic carbocycles. The van der Waals surface area contributed by atoms with Crippen molar-refractivity contribution < 1.29 is 9.13 Å². The van der Waals surface area contributed by atoms with Crippen molar-refractivity contribution in [2.24, 2.45) is 0 Å². The van der Waals surface area contributed by atoms with Crippen LogP contribution in [0.15, 0.2) is 30.3 Å². The van der Waals surface area contributed by atoms with Crippen LogP contribution in [0.1, 0.15) is 37.2 Å². The van der Waals surface area contributed by atoms with Crippen LogP contribution in [0.4, 0.5) is 4.39 Å². The van der Waals surface area contributed by atoms with Crippen LogP contribution in [0, 0.1) is 0 Å². The van der Waals surface area contributed by atoms with Crippen LogP contribution in [0.5, 0.6) is 0 Å². The van der Waals surface area contributed by atoms with Crippen LogP contribution in [0.3, 0.4) is 0 Å². The van der Waals surface area contributed by atoms with Crippen molar-refractivity contribution >= 4 is 0 Å². The molecule has 0 aromatic heterocycles. The molecule has 1 aliphatic heterocycles. The smallest absolute Gasteiger partial charge is 0.229 e. The molecule has 1 spiro atoms. The summed E-state index contributed by atoms with van der Waals surface area (Å²) < 4.78 is 18.0. The van der Waals surface area contributed by atoms with Crippen molar-refractivity contribution in [3.63, 3.8) is 0 Å². The summed E-state index contributed by atoms with van der Waals surface area (Å²) in [4.78, 5) is 0. The van der Waals surface area contributed by atoms with Gasteiger partial charge in [-0.05, 0) is 37.2 Å². The van der Waals surface area contributed by atoms with Crippen molar-refractivity contribution in [2.75, 3.05) is 0 Å². The van der Waals surface area contributed by atoms with E-state index in [1.54, 1.807) is 0 Å². The first-order valence-corrected chi connectivity index (χ1v) is 5.67. The highest BCUT2D eigenvalue weighted by Gasteiger charge is 2.58. The zero-order valence-corrected chi connectivity index (χ0v) is 8.66. The minimum absolute atomic E-state index is 0.370. The van der Waals surface area contributed by atoms with Crippen molar-refractivity contribution in [1.82, 2.24) is 0 Å². The Labute approximate surface area is 89.3 Å². The van der Waals surface area contributed by atoms with E-state index in [1.165, 1.54) is 5.56 Å². The highest BCUT2D eigenvalue weighted by Crippen LogP contribution is 2.51. The molecule has 15 heavy (non-hydrogen) atoms. The van der Waals surface area contributed by atoms with E-state index in [0.29, 0.717) is 5.92 Å². The Morgan fingerprint density at radius 1 is 1.13 bits per heavy atom. The maximum absolute atomic E-state index is 13.0. The van der Waals surface area contributed by atoms with E-state index in [2.05, 4.69) is 24.3 Å². The molecule has 0 radical (unpaired) electrons. The summed E-state index contributed by atoms with van der Waals surface area (Å²) in [6.07, 6.45) is 2.91. The molecule has 2 aliphatic rings. The second-order valence-electron chi connectivity index (χ2n) is 4.68. The van der Waals surface area contributed by atoms with Gasteiger partial charge in [-0.25, -0.2) is 4.39 Å². The molecule has 1 nitrogen and oxygen atoms in total. The van der Waals surface area contributed by atoms with Crippen LogP contribution in [0.2, 0.25) is 0 Å². The number of epoxide rings is 1. The Bertz CT molecular complexity index is 341. The second kappa shape index (κ2) is 3.31. The first-order valence-electron chi connectivity index (χ1n) is 5.67. The molecule has 2 heteroatoms. The number of hydrogen-bond donors (Lipinski definition) is 0. The van der Waals surface area contributed by atoms with Gasteiger partial charge < -0.3 is 4.74 Å². The third-order valence-corrected chi connectivity index (χ3v) is 3.80. The van der Waals surface area contributed by atoms with Crippen LogP contribution in [-0.2, 0) is 4.74 Å². The van der Waals surface area contributed by atoms with Gasteiger partial charge in [-0.3, -0.25) is 0 Å². The van der Waals surface area contributed by atoms with E-state index < -0.39 is 6.36 Å².